The van der Waals surface area contributed by atoms with E-state index in [1.807, 2.05) is 18.3 Å². The van der Waals surface area contributed by atoms with E-state index in [-0.39, 0.29) is 28.3 Å². The number of nitrogens with zero attached hydrogens (tertiary/aromatic N) is 4. The van der Waals surface area contributed by atoms with Crippen molar-refractivity contribution in [1.29, 1.82) is 0 Å². The summed E-state index contributed by atoms with van der Waals surface area (Å²) < 4.78 is 5.07. The summed E-state index contributed by atoms with van der Waals surface area (Å²) >= 11 is 6.11. The Morgan fingerprint density at radius 2 is 2.11 bits per heavy atom. The maximum atomic E-state index is 11.3. The lowest BCUT2D eigenvalue weighted by Gasteiger charge is -2.32. The van der Waals surface area contributed by atoms with Crippen LogP contribution in [0.3, 0.4) is 0 Å². The number of nitrogen functional groups attached to an aromatic ring is 1. The molecule has 1 aliphatic rings. The highest BCUT2D eigenvalue weighted by atomic mass is 35.5. The molecular weight excluding hydrogens is 372 g/mol. The Bertz CT molecular complexity index is 809. The fourth-order valence-electron chi connectivity index (χ4n) is 3.14. The molecule has 0 saturated carbocycles. The maximum absolute atomic E-state index is 11.3. The lowest BCUT2D eigenvalue weighted by molar-refractivity contribution is -0.383. The number of methoxy groups -OCH3 is 1. The van der Waals surface area contributed by atoms with Crippen LogP contribution in [0.2, 0.25) is 5.02 Å². The fourth-order valence-corrected chi connectivity index (χ4v) is 3.33. The van der Waals surface area contributed by atoms with Crippen LogP contribution in [0, 0.1) is 10.1 Å². The number of nitrogens with one attached hydrogen (secondary N) is 1. The minimum Gasteiger partial charge on any atom is -0.481 e. The Morgan fingerprint density at radius 3 is 2.70 bits per heavy atom. The van der Waals surface area contributed by atoms with Gasteiger partial charge in [-0.25, -0.2) is 9.97 Å². The third-order valence-corrected chi connectivity index (χ3v) is 4.85. The van der Waals surface area contributed by atoms with Gasteiger partial charge in [0, 0.05) is 37.9 Å². The van der Waals surface area contributed by atoms with E-state index >= 15 is 0 Å². The molecule has 0 aromatic carbocycles. The summed E-state index contributed by atoms with van der Waals surface area (Å²) in [4.78, 5) is 21.1. The number of halogens is 1. The van der Waals surface area contributed by atoms with Gasteiger partial charge < -0.3 is 15.8 Å². The van der Waals surface area contributed by atoms with Crippen molar-refractivity contribution < 1.29 is 9.66 Å². The van der Waals surface area contributed by atoms with Gasteiger partial charge in [-0.1, -0.05) is 17.7 Å². The highest BCUT2D eigenvalue weighted by Crippen LogP contribution is 2.36. The zero-order chi connectivity index (χ0) is 19.4. The van der Waals surface area contributed by atoms with E-state index in [4.69, 9.17) is 22.1 Å². The number of hydrogen-bond acceptors (Lipinski definition) is 8. The third-order valence-electron chi connectivity index (χ3n) is 4.57. The Kier molecular flexibility index (Phi) is 5.92. The predicted molar refractivity (Wildman–Crippen MR) is 103 cm³/mol. The molecule has 0 aliphatic carbocycles. The van der Waals surface area contributed by atoms with Crippen LogP contribution in [0.25, 0.3) is 0 Å². The molecule has 0 unspecified atom stereocenters. The first kappa shape index (κ1) is 19.1. The molecule has 144 valence electrons. The van der Waals surface area contributed by atoms with Gasteiger partial charge in [0.25, 0.3) is 0 Å². The van der Waals surface area contributed by atoms with E-state index in [2.05, 4.69) is 20.2 Å². The van der Waals surface area contributed by atoms with Crippen LogP contribution in [-0.2, 0) is 6.54 Å². The Morgan fingerprint density at radius 1 is 1.37 bits per heavy atom. The van der Waals surface area contributed by atoms with Crippen molar-refractivity contribution in [2.75, 3.05) is 31.2 Å². The highest BCUT2D eigenvalue weighted by Gasteiger charge is 2.27. The molecule has 3 heterocycles. The van der Waals surface area contributed by atoms with Crippen molar-refractivity contribution in [1.82, 2.24) is 14.9 Å². The van der Waals surface area contributed by atoms with Crippen molar-refractivity contribution in [3.8, 4) is 5.88 Å². The smallest absolute Gasteiger partial charge is 0.335 e. The quantitative estimate of drug-likeness (QED) is 0.568. The minimum absolute atomic E-state index is 0.0771. The fraction of sp³-hybridized carbons (Fsp3) is 0.412. The molecule has 2 aromatic heterocycles. The van der Waals surface area contributed by atoms with Crippen molar-refractivity contribution in [2.45, 2.75) is 25.4 Å². The van der Waals surface area contributed by atoms with Gasteiger partial charge in [-0.15, -0.1) is 0 Å². The van der Waals surface area contributed by atoms with Gasteiger partial charge in [0.2, 0.25) is 11.7 Å². The van der Waals surface area contributed by atoms with Crippen LogP contribution in [0.5, 0.6) is 5.88 Å². The topological polar surface area (TPSA) is 119 Å². The number of pyridine rings is 2. The molecular formula is C17H21ClN6O3. The van der Waals surface area contributed by atoms with Gasteiger partial charge in [-0.3, -0.25) is 15.0 Å². The SMILES string of the molecule is COc1ccc(CN2CCC(Nc3c(Cl)cnc(N)c3[N+](=O)[O-])CC2)cn1. The average molecular weight is 393 g/mol. The van der Waals surface area contributed by atoms with Gasteiger partial charge in [-0.2, -0.15) is 0 Å². The summed E-state index contributed by atoms with van der Waals surface area (Å²) in [5.41, 5.74) is 6.74. The zero-order valence-corrected chi connectivity index (χ0v) is 15.6. The van der Waals surface area contributed by atoms with E-state index in [9.17, 15) is 10.1 Å². The number of rotatable bonds is 6. The van der Waals surface area contributed by atoms with Crippen LogP contribution in [0.1, 0.15) is 18.4 Å². The normalized spacial score (nSPS) is 15.5. The molecule has 0 amide bonds. The highest BCUT2D eigenvalue weighted by molar-refractivity contribution is 6.33. The molecule has 10 heteroatoms. The molecule has 0 atom stereocenters. The number of ether oxygens (including phenoxy) is 1. The molecule has 3 N–H and O–H groups in total. The van der Waals surface area contributed by atoms with E-state index in [1.165, 1.54) is 6.20 Å². The summed E-state index contributed by atoms with van der Waals surface area (Å²) in [6.45, 7) is 2.51. The Balaban J connectivity index is 1.60. The zero-order valence-electron chi connectivity index (χ0n) is 14.9. The summed E-state index contributed by atoms with van der Waals surface area (Å²) in [5.74, 6) is 0.452. The van der Waals surface area contributed by atoms with Crippen molar-refractivity contribution in [3.05, 3.63) is 45.2 Å². The summed E-state index contributed by atoms with van der Waals surface area (Å²) in [7, 11) is 1.59. The Labute approximate surface area is 161 Å². The monoisotopic (exact) mass is 392 g/mol. The number of likely N-dealkylation sites (tertiary alicyclic amines) is 1. The second-order valence-electron chi connectivity index (χ2n) is 6.38. The van der Waals surface area contributed by atoms with Crippen LogP contribution in [0.15, 0.2) is 24.5 Å². The van der Waals surface area contributed by atoms with Gasteiger partial charge in [0.05, 0.1) is 23.3 Å². The molecule has 3 rings (SSSR count). The van der Waals surface area contributed by atoms with Crippen LogP contribution >= 0.6 is 11.6 Å². The first-order valence-corrected chi connectivity index (χ1v) is 8.92. The molecule has 0 spiro atoms. The average Bonchev–Trinajstić information content (AvgIpc) is 2.66. The molecule has 9 nitrogen and oxygen atoms in total. The molecule has 1 aliphatic heterocycles. The van der Waals surface area contributed by atoms with E-state index < -0.39 is 4.92 Å². The lowest BCUT2D eigenvalue weighted by Crippen LogP contribution is -2.38. The van der Waals surface area contributed by atoms with E-state index in [1.54, 1.807) is 7.11 Å². The molecule has 0 radical (unpaired) electrons. The van der Waals surface area contributed by atoms with Crippen LogP contribution in [-0.4, -0.2) is 46.0 Å². The summed E-state index contributed by atoms with van der Waals surface area (Å²) in [6, 6.07) is 3.92. The predicted octanol–water partition coefficient (Wildman–Crippen LogP) is 2.71. The number of hydrogen-bond donors (Lipinski definition) is 2. The first-order chi connectivity index (χ1) is 13.0. The van der Waals surface area contributed by atoms with Gasteiger partial charge >= 0.3 is 5.69 Å². The first-order valence-electron chi connectivity index (χ1n) is 8.54. The number of nitrogens with two attached hydrogens (primary N) is 1. The number of anilines is 2. The van der Waals surface area contributed by atoms with E-state index in [0.29, 0.717) is 5.88 Å². The number of piperidine rings is 1. The molecule has 1 saturated heterocycles. The standard InChI is InChI=1S/C17H21ClN6O3/c1-27-14-3-2-11(8-20-14)10-23-6-4-12(5-7-23)22-15-13(18)9-21-17(19)16(15)24(25)26/h2-3,8-9,12H,4-7,10H2,1H3,(H3,19,21,22). The minimum atomic E-state index is -0.553. The van der Waals surface area contributed by atoms with Crippen molar-refractivity contribution in [3.63, 3.8) is 0 Å². The molecule has 2 aromatic rings. The van der Waals surface area contributed by atoms with Crippen molar-refractivity contribution in [2.24, 2.45) is 0 Å². The summed E-state index contributed by atoms with van der Waals surface area (Å²) in [6.07, 6.45) is 4.81. The lowest BCUT2D eigenvalue weighted by atomic mass is 10.0. The second-order valence-corrected chi connectivity index (χ2v) is 6.78. The van der Waals surface area contributed by atoms with E-state index in [0.717, 1.165) is 38.0 Å². The van der Waals surface area contributed by atoms with Gasteiger partial charge in [0.15, 0.2) is 0 Å². The maximum Gasteiger partial charge on any atom is 0.335 e. The second kappa shape index (κ2) is 8.36. The third kappa shape index (κ3) is 4.55. The number of aromatic nitrogens is 2. The molecule has 0 bridgehead atoms. The van der Waals surface area contributed by atoms with Crippen LogP contribution < -0.4 is 15.8 Å². The molecule has 27 heavy (non-hydrogen) atoms. The summed E-state index contributed by atoms with van der Waals surface area (Å²) in [5, 5.41) is 14.7. The van der Waals surface area contributed by atoms with Gasteiger partial charge in [0.1, 0.15) is 5.69 Å². The molecule has 1 fully saturated rings. The Hall–Kier alpha value is -2.65. The van der Waals surface area contributed by atoms with Crippen LogP contribution in [0.4, 0.5) is 17.2 Å². The van der Waals surface area contributed by atoms with Gasteiger partial charge in [-0.05, 0) is 18.4 Å². The van der Waals surface area contributed by atoms with Crippen molar-refractivity contribution >= 4 is 28.8 Å². The number of nitro groups is 1. The largest absolute Gasteiger partial charge is 0.481 e.